The second-order valence-electron chi connectivity index (χ2n) is 6.18. The summed E-state index contributed by atoms with van der Waals surface area (Å²) in [5.74, 6) is 0. The molecule has 1 aromatic carbocycles. The Hall–Kier alpha value is -0.860. The van der Waals surface area contributed by atoms with E-state index in [4.69, 9.17) is 0 Å². The van der Waals surface area contributed by atoms with E-state index in [1.54, 1.807) is 0 Å². The minimum absolute atomic E-state index is 0.773. The van der Waals surface area contributed by atoms with Crippen LogP contribution >= 0.6 is 0 Å². The van der Waals surface area contributed by atoms with E-state index in [9.17, 15) is 0 Å². The van der Waals surface area contributed by atoms with Gasteiger partial charge in [0, 0.05) is 18.6 Å². The predicted octanol–water partition coefficient (Wildman–Crippen LogP) is 3.18. The Morgan fingerprint density at radius 3 is 2.21 bits per heavy atom. The Bertz CT molecular complexity index is 362. The Kier molecular flexibility index (Phi) is 4.52. The molecule has 0 aromatic heterocycles. The number of rotatable bonds is 4. The van der Waals surface area contributed by atoms with Crippen molar-refractivity contribution >= 4 is 0 Å². The summed E-state index contributed by atoms with van der Waals surface area (Å²) in [5, 5.41) is 3.88. The van der Waals surface area contributed by atoms with Crippen LogP contribution < -0.4 is 5.32 Å². The summed E-state index contributed by atoms with van der Waals surface area (Å²) < 4.78 is 0. The Morgan fingerprint density at radius 2 is 1.53 bits per heavy atom. The molecule has 0 amide bonds. The monoisotopic (exact) mass is 258 g/mol. The molecule has 1 saturated heterocycles. The highest BCUT2D eigenvalue weighted by molar-refractivity contribution is 5.14. The van der Waals surface area contributed by atoms with Crippen molar-refractivity contribution in [2.24, 2.45) is 0 Å². The molecule has 0 unspecified atom stereocenters. The third-order valence-electron chi connectivity index (χ3n) is 4.66. The largest absolute Gasteiger partial charge is 0.311 e. The topological polar surface area (TPSA) is 15.3 Å². The zero-order valence-corrected chi connectivity index (χ0v) is 11.9. The van der Waals surface area contributed by atoms with E-state index in [1.807, 2.05) is 0 Å². The molecule has 1 aromatic rings. The van der Waals surface area contributed by atoms with Gasteiger partial charge in [0.15, 0.2) is 0 Å². The van der Waals surface area contributed by atoms with E-state index in [1.165, 1.54) is 57.2 Å². The van der Waals surface area contributed by atoms with Gasteiger partial charge in [-0.3, -0.25) is 4.90 Å². The van der Waals surface area contributed by atoms with Crippen LogP contribution in [0.25, 0.3) is 0 Å². The van der Waals surface area contributed by atoms with Gasteiger partial charge < -0.3 is 5.32 Å². The molecule has 2 aliphatic rings. The van der Waals surface area contributed by atoms with Gasteiger partial charge in [0.25, 0.3) is 0 Å². The van der Waals surface area contributed by atoms with Crippen LogP contribution in [0.4, 0.5) is 0 Å². The fourth-order valence-corrected chi connectivity index (χ4v) is 3.53. The fraction of sp³-hybridized carbons (Fsp3) is 0.647. The summed E-state index contributed by atoms with van der Waals surface area (Å²) in [6.07, 6.45) is 8.33. The first-order valence-corrected chi connectivity index (χ1v) is 7.92. The van der Waals surface area contributed by atoms with E-state index in [-0.39, 0.29) is 0 Å². The highest BCUT2D eigenvalue weighted by Crippen LogP contribution is 2.21. The zero-order chi connectivity index (χ0) is 12.9. The molecular formula is C17H26N2. The molecule has 0 bridgehead atoms. The first-order chi connectivity index (χ1) is 9.40. The Labute approximate surface area is 117 Å². The average molecular weight is 258 g/mol. The van der Waals surface area contributed by atoms with Crippen molar-refractivity contribution in [1.29, 1.82) is 0 Å². The molecule has 2 nitrogen and oxygen atoms in total. The lowest BCUT2D eigenvalue weighted by Crippen LogP contribution is -2.45. The Balaban J connectivity index is 1.41. The van der Waals surface area contributed by atoms with Crippen LogP contribution in [0.5, 0.6) is 0 Å². The molecule has 0 radical (unpaired) electrons. The molecule has 0 spiro atoms. The summed E-state index contributed by atoms with van der Waals surface area (Å²) in [4.78, 5) is 2.60. The molecule has 0 atom stereocenters. The number of hydrogen-bond acceptors (Lipinski definition) is 2. The van der Waals surface area contributed by atoms with Gasteiger partial charge in [0.1, 0.15) is 0 Å². The third-order valence-corrected chi connectivity index (χ3v) is 4.66. The van der Waals surface area contributed by atoms with Crippen molar-refractivity contribution < 1.29 is 0 Å². The van der Waals surface area contributed by atoms with Crippen LogP contribution in [-0.2, 0) is 6.54 Å². The molecule has 2 fully saturated rings. The van der Waals surface area contributed by atoms with Gasteiger partial charge >= 0.3 is 0 Å². The maximum absolute atomic E-state index is 3.88. The molecule has 1 saturated carbocycles. The summed E-state index contributed by atoms with van der Waals surface area (Å²) >= 11 is 0. The maximum Gasteiger partial charge on any atom is 0.0233 e. The lowest BCUT2D eigenvalue weighted by Gasteiger charge is -2.34. The van der Waals surface area contributed by atoms with E-state index in [0.29, 0.717) is 0 Å². The number of piperidine rings is 1. The van der Waals surface area contributed by atoms with Crippen molar-refractivity contribution in [3.63, 3.8) is 0 Å². The summed E-state index contributed by atoms with van der Waals surface area (Å²) in [7, 11) is 0. The van der Waals surface area contributed by atoms with Crippen LogP contribution in [0.3, 0.4) is 0 Å². The molecule has 1 aliphatic carbocycles. The standard InChI is InChI=1S/C17H26N2/c1-2-6-15(7-3-1)14-19-12-10-17(11-13-19)18-16-8-4-5-9-16/h1-3,6-7,16-18H,4-5,8-14H2. The van der Waals surface area contributed by atoms with Crippen LogP contribution in [0.15, 0.2) is 30.3 Å². The van der Waals surface area contributed by atoms with Gasteiger partial charge in [-0.05, 0) is 44.3 Å². The van der Waals surface area contributed by atoms with Crippen LogP contribution in [0.2, 0.25) is 0 Å². The van der Waals surface area contributed by atoms with Gasteiger partial charge in [-0.25, -0.2) is 0 Å². The van der Waals surface area contributed by atoms with E-state index < -0.39 is 0 Å². The third kappa shape index (κ3) is 3.80. The molecule has 1 N–H and O–H groups in total. The van der Waals surface area contributed by atoms with Gasteiger partial charge in [-0.1, -0.05) is 43.2 Å². The number of nitrogens with zero attached hydrogens (tertiary/aromatic N) is 1. The number of benzene rings is 1. The fourth-order valence-electron chi connectivity index (χ4n) is 3.53. The van der Waals surface area contributed by atoms with Gasteiger partial charge in [-0.15, -0.1) is 0 Å². The molecule has 3 rings (SSSR count). The van der Waals surface area contributed by atoms with Crippen molar-refractivity contribution in [1.82, 2.24) is 10.2 Å². The smallest absolute Gasteiger partial charge is 0.0233 e. The van der Waals surface area contributed by atoms with Crippen LogP contribution in [0, 0.1) is 0 Å². The van der Waals surface area contributed by atoms with Crippen molar-refractivity contribution in [3.8, 4) is 0 Å². The molecule has 19 heavy (non-hydrogen) atoms. The molecule has 104 valence electrons. The van der Waals surface area contributed by atoms with Crippen molar-refractivity contribution in [2.75, 3.05) is 13.1 Å². The highest BCUT2D eigenvalue weighted by Gasteiger charge is 2.23. The maximum atomic E-state index is 3.88. The normalized spacial score (nSPS) is 22.9. The first-order valence-electron chi connectivity index (χ1n) is 7.92. The molecule has 1 aliphatic heterocycles. The molecular weight excluding hydrogens is 232 g/mol. The quantitative estimate of drug-likeness (QED) is 0.892. The lowest BCUT2D eigenvalue weighted by atomic mass is 10.0. The van der Waals surface area contributed by atoms with Gasteiger partial charge in [0.05, 0.1) is 0 Å². The highest BCUT2D eigenvalue weighted by atomic mass is 15.1. The summed E-state index contributed by atoms with van der Waals surface area (Å²) in [5.41, 5.74) is 1.45. The SMILES string of the molecule is c1ccc(CN2CCC(NC3CCCC3)CC2)cc1. The first kappa shape index (κ1) is 13.1. The van der Waals surface area contributed by atoms with Crippen LogP contribution in [-0.4, -0.2) is 30.1 Å². The minimum Gasteiger partial charge on any atom is -0.311 e. The molecule has 2 heteroatoms. The van der Waals surface area contributed by atoms with E-state index in [0.717, 1.165) is 18.6 Å². The number of hydrogen-bond donors (Lipinski definition) is 1. The van der Waals surface area contributed by atoms with E-state index in [2.05, 4.69) is 40.5 Å². The minimum atomic E-state index is 0.773. The van der Waals surface area contributed by atoms with E-state index >= 15 is 0 Å². The predicted molar refractivity (Wildman–Crippen MR) is 80.1 cm³/mol. The number of nitrogens with one attached hydrogen (secondary N) is 1. The van der Waals surface area contributed by atoms with Crippen molar-refractivity contribution in [2.45, 2.75) is 57.2 Å². The second-order valence-corrected chi connectivity index (χ2v) is 6.18. The second kappa shape index (κ2) is 6.53. The van der Waals surface area contributed by atoms with Gasteiger partial charge in [-0.2, -0.15) is 0 Å². The lowest BCUT2D eigenvalue weighted by molar-refractivity contribution is 0.184. The molecule has 1 heterocycles. The number of likely N-dealkylation sites (tertiary alicyclic amines) is 1. The van der Waals surface area contributed by atoms with Crippen LogP contribution in [0.1, 0.15) is 44.1 Å². The van der Waals surface area contributed by atoms with Crippen molar-refractivity contribution in [3.05, 3.63) is 35.9 Å². The summed E-state index contributed by atoms with van der Waals surface area (Å²) in [6, 6.07) is 12.5. The Morgan fingerprint density at radius 1 is 0.895 bits per heavy atom. The zero-order valence-electron chi connectivity index (χ0n) is 11.9. The van der Waals surface area contributed by atoms with Gasteiger partial charge in [0.2, 0.25) is 0 Å². The summed E-state index contributed by atoms with van der Waals surface area (Å²) in [6.45, 7) is 3.62. The average Bonchev–Trinajstić information content (AvgIpc) is 2.95.